The van der Waals surface area contributed by atoms with Crippen molar-refractivity contribution in [2.24, 2.45) is 5.92 Å². The maximum atomic E-state index is 13.2. The molecule has 0 spiro atoms. The van der Waals surface area contributed by atoms with Crippen LogP contribution in [0.15, 0.2) is 48.8 Å². The molecule has 1 aromatic carbocycles. The van der Waals surface area contributed by atoms with Gasteiger partial charge in [0.1, 0.15) is 5.82 Å². The fourth-order valence-electron chi connectivity index (χ4n) is 3.37. The summed E-state index contributed by atoms with van der Waals surface area (Å²) in [6.07, 6.45) is 6.08. The Labute approximate surface area is 124 Å². The van der Waals surface area contributed by atoms with Gasteiger partial charge in [0.2, 0.25) is 0 Å². The van der Waals surface area contributed by atoms with Crippen LogP contribution < -0.4 is 0 Å². The van der Waals surface area contributed by atoms with E-state index in [0.29, 0.717) is 12.3 Å². The number of nitrogens with zero attached hydrogens (tertiary/aromatic N) is 1. The first-order valence-corrected chi connectivity index (χ1v) is 7.55. The average molecular weight is 285 g/mol. The Morgan fingerprint density at radius 1 is 1.14 bits per heavy atom. The maximum absolute atomic E-state index is 13.2. The molecule has 1 saturated carbocycles. The second-order valence-electron chi connectivity index (χ2n) is 5.96. The molecule has 0 saturated heterocycles. The lowest BCUT2D eigenvalue weighted by Gasteiger charge is -2.33. The Hall–Kier alpha value is -1.74. The SMILES string of the molecule is OC1CCC(c2ccccc2)CC1Cc1cncc(F)c1. The molecule has 0 aliphatic heterocycles. The lowest BCUT2D eigenvalue weighted by Crippen LogP contribution is -2.30. The highest BCUT2D eigenvalue weighted by Crippen LogP contribution is 2.37. The third kappa shape index (κ3) is 3.48. The molecule has 1 aliphatic rings. The Balaban J connectivity index is 1.72. The molecule has 3 heteroatoms. The molecule has 1 aliphatic carbocycles. The maximum Gasteiger partial charge on any atom is 0.141 e. The summed E-state index contributed by atoms with van der Waals surface area (Å²) in [5, 5.41) is 10.3. The van der Waals surface area contributed by atoms with Crippen molar-refractivity contribution >= 4 is 0 Å². The first-order chi connectivity index (χ1) is 10.2. The summed E-state index contributed by atoms with van der Waals surface area (Å²) >= 11 is 0. The number of aliphatic hydroxyl groups is 1. The Morgan fingerprint density at radius 3 is 2.71 bits per heavy atom. The van der Waals surface area contributed by atoms with Crippen molar-refractivity contribution < 1.29 is 9.50 Å². The van der Waals surface area contributed by atoms with Crippen molar-refractivity contribution in [2.75, 3.05) is 0 Å². The summed E-state index contributed by atoms with van der Waals surface area (Å²) in [7, 11) is 0. The highest BCUT2D eigenvalue weighted by atomic mass is 19.1. The van der Waals surface area contributed by atoms with Crippen LogP contribution in [0.1, 0.15) is 36.3 Å². The van der Waals surface area contributed by atoms with Crippen molar-refractivity contribution in [1.29, 1.82) is 0 Å². The molecular formula is C18H20FNO. The van der Waals surface area contributed by atoms with Crippen molar-refractivity contribution in [3.05, 3.63) is 65.7 Å². The third-order valence-corrected chi connectivity index (χ3v) is 4.47. The zero-order chi connectivity index (χ0) is 14.7. The molecule has 3 rings (SSSR count). The average Bonchev–Trinajstić information content (AvgIpc) is 2.50. The molecule has 21 heavy (non-hydrogen) atoms. The van der Waals surface area contributed by atoms with E-state index < -0.39 is 0 Å². The first-order valence-electron chi connectivity index (χ1n) is 7.55. The lowest BCUT2D eigenvalue weighted by molar-refractivity contribution is 0.0619. The first kappa shape index (κ1) is 14.2. The van der Waals surface area contributed by atoms with Gasteiger partial charge in [-0.15, -0.1) is 0 Å². The molecule has 0 bridgehead atoms. The summed E-state index contributed by atoms with van der Waals surface area (Å²) in [6, 6.07) is 12.0. The molecule has 1 heterocycles. The largest absolute Gasteiger partial charge is 0.393 e. The quantitative estimate of drug-likeness (QED) is 0.932. The standard InChI is InChI=1S/C18H20FNO/c19-17-9-13(11-20-12-17)8-16-10-15(6-7-18(16)21)14-4-2-1-3-5-14/h1-5,9,11-12,15-16,18,21H,6-8,10H2. The van der Waals surface area contributed by atoms with Crippen molar-refractivity contribution in [3.63, 3.8) is 0 Å². The summed E-state index contributed by atoms with van der Waals surface area (Å²) in [6.45, 7) is 0. The van der Waals surface area contributed by atoms with Gasteiger partial charge in [-0.25, -0.2) is 4.39 Å². The van der Waals surface area contributed by atoms with E-state index in [9.17, 15) is 9.50 Å². The van der Waals surface area contributed by atoms with Crippen LogP contribution in [-0.4, -0.2) is 16.2 Å². The summed E-state index contributed by atoms with van der Waals surface area (Å²) in [5.74, 6) is 0.353. The van der Waals surface area contributed by atoms with Crippen LogP contribution in [-0.2, 0) is 6.42 Å². The molecule has 1 fully saturated rings. The predicted octanol–water partition coefficient (Wildman–Crippen LogP) is 3.71. The highest BCUT2D eigenvalue weighted by molar-refractivity contribution is 5.21. The molecular weight excluding hydrogens is 265 g/mol. The second kappa shape index (κ2) is 6.35. The van der Waals surface area contributed by atoms with Crippen LogP contribution >= 0.6 is 0 Å². The van der Waals surface area contributed by atoms with E-state index in [-0.39, 0.29) is 17.8 Å². The Kier molecular flexibility index (Phi) is 4.30. The third-order valence-electron chi connectivity index (χ3n) is 4.47. The van der Waals surface area contributed by atoms with Crippen molar-refractivity contribution in [1.82, 2.24) is 4.98 Å². The molecule has 3 atom stereocenters. The van der Waals surface area contributed by atoms with Crippen LogP contribution in [0.4, 0.5) is 4.39 Å². The zero-order valence-electron chi connectivity index (χ0n) is 12.0. The molecule has 2 nitrogen and oxygen atoms in total. The molecule has 0 amide bonds. The fourth-order valence-corrected chi connectivity index (χ4v) is 3.37. The van der Waals surface area contributed by atoms with Crippen LogP contribution in [0.5, 0.6) is 0 Å². The number of benzene rings is 1. The van der Waals surface area contributed by atoms with Crippen molar-refractivity contribution in [2.45, 2.75) is 37.7 Å². The fraction of sp³-hybridized carbons (Fsp3) is 0.389. The van der Waals surface area contributed by atoms with Gasteiger partial charge in [0.05, 0.1) is 12.3 Å². The zero-order valence-corrected chi connectivity index (χ0v) is 12.0. The highest BCUT2D eigenvalue weighted by Gasteiger charge is 2.30. The monoisotopic (exact) mass is 285 g/mol. The smallest absolute Gasteiger partial charge is 0.141 e. The summed E-state index contributed by atoms with van der Waals surface area (Å²) < 4.78 is 13.2. The van der Waals surface area contributed by atoms with Gasteiger partial charge in [-0.2, -0.15) is 0 Å². The van der Waals surface area contributed by atoms with Crippen LogP contribution in [0, 0.1) is 11.7 Å². The molecule has 0 radical (unpaired) electrons. The minimum Gasteiger partial charge on any atom is -0.393 e. The number of halogens is 1. The van der Waals surface area contributed by atoms with E-state index in [1.165, 1.54) is 17.8 Å². The number of hydrogen-bond acceptors (Lipinski definition) is 2. The normalized spacial score (nSPS) is 25.7. The Morgan fingerprint density at radius 2 is 1.95 bits per heavy atom. The van der Waals surface area contributed by atoms with Crippen LogP contribution in [0.2, 0.25) is 0 Å². The number of rotatable bonds is 3. The molecule has 110 valence electrons. The van der Waals surface area contributed by atoms with E-state index in [4.69, 9.17) is 0 Å². The van der Waals surface area contributed by atoms with Gasteiger partial charge < -0.3 is 5.11 Å². The number of aliphatic hydroxyl groups excluding tert-OH is 1. The summed E-state index contributed by atoms with van der Waals surface area (Å²) in [4.78, 5) is 3.90. The van der Waals surface area contributed by atoms with E-state index in [1.54, 1.807) is 6.20 Å². The van der Waals surface area contributed by atoms with Gasteiger partial charge in [0.25, 0.3) is 0 Å². The molecule has 1 N–H and O–H groups in total. The van der Waals surface area contributed by atoms with E-state index >= 15 is 0 Å². The van der Waals surface area contributed by atoms with E-state index in [2.05, 4.69) is 29.2 Å². The van der Waals surface area contributed by atoms with E-state index in [1.807, 2.05) is 6.07 Å². The lowest BCUT2D eigenvalue weighted by atomic mass is 9.74. The van der Waals surface area contributed by atoms with Crippen molar-refractivity contribution in [3.8, 4) is 0 Å². The minimum atomic E-state index is -0.308. The van der Waals surface area contributed by atoms with E-state index in [0.717, 1.165) is 24.8 Å². The molecule has 2 aromatic rings. The molecule has 3 unspecified atom stereocenters. The topological polar surface area (TPSA) is 33.1 Å². The van der Waals surface area contributed by atoms with Gasteiger partial charge in [0, 0.05) is 6.20 Å². The second-order valence-corrected chi connectivity index (χ2v) is 5.96. The van der Waals surface area contributed by atoms with Gasteiger partial charge >= 0.3 is 0 Å². The summed E-state index contributed by atoms with van der Waals surface area (Å²) in [5.41, 5.74) is 2.21. The van der Waals surface area contributed by atoms with Gasteiger partial charge in [-0.3, -0.25) is 4.98 Å². The van der Waals surface area contributed by atoms with Gasteiger partial charge in [-0.05, 0) is 54.7 Å². The number of hydrogen-bond donors (Lipinski definition) is 1. The number of aromatic nitrogens is 1. The van der Waals surface area contributed by atoms with Crippen LogP contribution in [0.25, 0.3) is 0 Å². The predicted molar refractivity (Wildman–Crippen MR) is 80.4 cm³/mol. The van der Waals surface area contributed by atoms with Gasteiger partial charge in [0.15, 0.2) is 0 Å². The van der Waals surface area contributed by atoms with Gasteiger partial charge in [-0.1, -0.05) is 30.3 Å². The molecule has 1 aromatic heterocycles. The number of pyridine rings is 1. The Bertz CT molecular complexity index is 587. The van der Waals surface area contributed by atoms with Crippen LogP contribution in [0.3, 0.4) is 0 Å². The minimum absolute atomic E-state index is 0.174.